The average molecular weight is 667 g/mol. The predicted octanol–water partition coefficient (Wildman–Crippen LogP) is 3.02. The first-order valence-electron chi connectivity index (χ1n) is 10.7. The largest absolute Gasteiger partial charge is 0.505 e. The lowest BCUT2D eigenvalue weighted by Crippen LogP contribution is -2.15. The molecule has 0 radical (unpaired) electrons. The van der Waals surface area contributed by atoms with Crippen LogP contribution in [0.1, 0.15) is 0 Å². The Kier molecular flexibility index (Phi) is 9.43. The molecular weight excluding hydrogens is 649 g/mol. The molecule has 0 atom stereocenters. The highest BCUT2D eigenvalue weighted by atomic mass is 32.3. The van der Waals surface area contributed by atoms with Crippen LogP contribution in [0.15, 0.2) is 89.7 Å². The lowest BCUT2D eigenvalue weighted by atomic mass is 10.2. The summed E-state index contributed by atoms with van der Waals surface area (Å²) in [5.74, 6) is -2.07. The van der Waals surface area contributed by atoms with Crippen molar-refractivity contribution in [2.75, 3.05) is 12.4 Å². The van der Waals surface area contributed by atoms with Crippen LogP contribution < -0.4 is 0 Å². The molecular formula is C20H18N4O14S4. The van der Waals surface area contributed by atoms with E-state index in [1.807, 2.05) is 0 Å². The van der Waals surface area contributed by atoms with Crippen LogP contribution in [-0.4, -0.2) is 69.9 Å². The summed E-state index contributed by atoms with van der Waals surface area (Å²) in [5.41, 5.74) is -1.42. The summed E-state index contributed by atoms with van der Waals surface area (Å²) in [4.78, 5) is -1.90. The molecule has 0 heterocycles. The minimum Gasteiger partial charge on any atom is -0.505 e. The van der Waals surface area contributed by atoms with Gasteiger partial charge in [-0.1, -0.05) is 0 Å². The van der Waals surface area contributed by atoms with Gasteiger partial charge in [-0.05, 0) is 42.5 Å². The number of nitrogens with zero attached hydrogens (tertiary/aromatic N) is 4. The van der Waals surface area contributed by atoms with Crippen LogP contribution in [0, 0.1) is 0 Å². The number of phenolic OH excluding ortho intramolecular Hbond substituents is 2. The molecule has 42 heavy (non-hydrogen) atoms. The summed E-state index contributed by atoms with van der Waals surface area (Å²) in [6.07, 6.45) is 0. The van der Waals surface area contributed by atoms with E-state index >= 15 is 0 Å². The molecule has 0 amide bonds. The summed E-state index contributed by atoms with van der Waals surface area (Å²) < 4.78 is 123. The van der Waals surface area contributed by atoms with E-state index in [4.69, 9.17) is 4.55 Å². The van der Waals surface area contributed by atoms with Gasteiger partial charge in [0.1, 0.15) is 33.5 Å². The van der Waals surface area contributed by atoms with E-state index in [2.05, 4.69) is 24.6 Å². The Morgan fingerprint density at radius 2 is 1.12 bits per heavy atom. The molecule has 22 heteroatoms. The smallest absolute Gasteiger partial charge is 0.397 e. The molecule has 0 bridgehead atoms. The quantitative estimate of drug-likeness (QED) is 0.145. The van der Waals surface area contributed by atoms with Crippen molar-refractivity contribution in [3.05, 3.63) is 54.6 Å². The van der Waals surface area contributed by atoms with Gasteiger partial charge in [0.2, 0.25) is 0 Å². The Hall–Kier alpha value is -3.90. The molecule has 5 N–H and O–H groups in total. The van der Waals surface area contributed by atoms with E-state index in [1.54, 1.807) is 0 Å². The van der Waals surface area contributed by atoms with Crippen LogP contribution in [0.3, 0.4) is 0 Å². The predicted molar refractivity (Wildman–Crippen MR) is 140 cm³/mol. The van der Waals surface area contributed by atoms with Crippen molar-refractivity contribution in [2.24, 2.45) is 20.5 Å². The molecule has 0 aliphatic heterocycles. The normalized spacial score (nSPS) is 13.2. The molecule has 0 aromatic heterocycles. The number of azo groups is 2. The van der Waals surface area contributed by atoms with Gasteiger partial charge in [-0.2, -0.15) is 30.4 Å². The summed E-state index contributed by atoms with van der Waals surface area (Å²) in [7, 11) is -18.6. The number of sulfone groups is 1. The van der Waals surface area contributed by atoms with E-state index in [0.29, 0.717) is 18.2 Å². The summed E-state index contributed by atoms with van der Waals surface area (Å²) in [5, 5.41) is 34.9. The molecule has 226 valence electrons. The zero-order valence-electron chi connectivity index (χ0n) is 20.4. The SMILES string of the molecule is O=S(=O)(O)OCCS(=O)(=O)c1ccc(N=Nc2cc(N=Nc3cc(S(=O)(=O)O)ccc3S(=O)(=O)O)c(O)cc2O)cc1. The zero-order valence-corrected chi connectivity index (χ0v) is 23.7. The van der Waals surface area contributed by atoms with E-state index in [9.17, 15) is 53.0 Å². The fraction of sp³-hybridized carbons (Fsp3) is 0.100. The third-order valence-corrected chi connectivity index (χ3v) is 8.81. The molecule has 3 aromatic rings. The monoisotopic (exact) mass is 666 g/mol. The number of hydrogen-bond acceptors (Lipinski definition) is 15. The maximum absolute atomic E-state index is 12.3. The van der Waals surface area contributed by atoms with Gasteiger partial charge in [-0.15, -0.1) is 15.3 Å². The van der Waals surface area contributed by atoms with Gasteiger partial charge >= 0.3 is 10.4 Å². The molecule has 0 aliphatic carbocycles. The van der Waals surface area contributed by atoms with Crippen molar-refractivity contribution < 1.29 is 61.7 Å². The van der Waals surface area contributed by atoms with Crippen LogP contribution >= 0.6 is 0 Å². The first kappa shape index (κ1) is 32.6. The van der Waals surface area contributed by atoms with Crippen molar-refractivity contribution in [3.63, 3.8) is 0 Å². The zero-order chi connectivity index (χ0) is 31.5. The van der Waals surface area contributed by atoms with Crippen LogP contribution in [0.5, 0.6) is 11.5 Å². The van der Waals surface area contributed by atoms with E-state index in [-0.39, 0.29) is 16.3 Å². The first-order valence-corrected chi connectivity index (χ1v) is 16.6. The molecule has 3 rings (SSSR count). The number of hydrogen-bond donors (Lipinski definition) is 5. The van der Waals surface area contributed by atoms with Gasteiger partial charge in [0.25, 0.3) is 20.2 Å². The molecule has 0 saturated carbocycles. The van der Waals surface area contributed by atoms with Crippen LogP contribution in [0.4, 0.5) is 22.7 Å². The van der Waals surface area contributed by atoms with Gasteiger partial charge in [-0.3, -0.25) is 13.7 Å². The summed E-state index contributed by atoms with van der Waals surface area (Å²) >= 11 is 0. The third kappa shape index (κ3) is 8.80. The Balaban J connectivity index is 1.88. The van der Waals surface area contributed by atoms with Crippen molar-refractivity contribution in [1.82, 2.24) is 0 Å². The van der Waals surface area contributed by atoms with E-state index < -0.39 is 85.5 Å². The first-order chi connectivity index (χ1) is 19.3. The topological polar surface area (TPSA) is 296 Å². The molecule has 0 unspecified atom stereocenters. The Morgan fingerprint density at radius 1 is 0.595 bits per heavy atom. The second-order valence-electron chi connectivity index (χ2n) is 7.87. The van der Waals surface area contributed by atoms with Crippen molar-refractivity contribution in [1.29, 1.82) is 0 Å². The number of aromatic hydroxyl groups is 2. The van der Waals surface area contributed by atoms with Crippen molar-refractivity contribution in [3.8, 4) is 11.5 Å². The molecule has 0 spiro atoms. The minimum atomic E-state index is -4.93. The van der Waals surface area contributed by atoms with Gasteiger partial charge in [0.15, 0.2) is 9.84 Å². The Labute approximate surface area is 238 Å². The van der Waals surface area contributed by atoms with Gasteiger partial charge < -0.3 is 10.2 Å². The molecule has 0 fully saturated rings. The van der Waals surface area contributed by atoms with E-state index in [1.165, 1.54) is 12.1 Å². The van der Waals surface area contributed by atoms with Crippen molar-refractivity contribution in [2.45, 2.75) is 14.7 Å². The number of phenols is 2. The maximum atomic E-state index is 12.3. The van der Waals surface area contributed by atoms with Crippen molar-refractivity contribution >= 4 is 63.2 Å². The van der Waals surface area contributed by atoms with Crippen LogP contribution in [-0.2, 0) is 44.7 Å². The van der Waals surface area contributed by atoms with Gasteiger partial charge in [-0.25, -0.2) is 12.6 Å². The van der Waals surface area contributed by atoms with E-state index in [0.717, 1.165) is 24.3 Å². The number of rotatable bonds is 11. The molecule has 18 nitrogen and oxygen atoms in total. The van der Waals surface area contributed by atoms with Gasteiger partial charge in [0.05, 0.1) is 27.8 Å². The fourth-order valence-corrected chi connectivity index (χ4v) is 5.57. The average Bonchev–Trinajstić information content (AvgIpc) is 2.85. The second-order valence-corrected chi connectivity index (χ2v) is 13.9. The molecule has 0 saturated heterocycles. The Bertz CT molecular complexity index is 2010. The fourth-order valence-electron chi connectivity index (χ4n) is 2.98. The van der Waals surface area contributed by atoms with Gasteiger partial charge in [0, 0.05) is 12.1 Å². The summed E-state index contributed by atoms with van der Waals surface area (Å²) in [6.45, 7) is -0.828. The second kappa shape index (κ2) is 12.1. The highest BCUT2D eigenvalue weighted by Gasteiger charge is 2.20. The lowest BCUT2D eigenvalue weighted by Gasteiger charge is -2.05. The summed E-state index contributed by atoms with van der Waals surface area (Å²) in [6, 6.07) is 8.26. The lowest BCUT2D eigenvalue weighted by molar-refractivity contribution is 0.284. The van der Waals surface area contributed by atoms with Crippen LogP contribution in [0.2, 0.25) is 0 Å². The maximum Gasteiger partial charge on any atom is 0.397 e. The highest BCUT2D eigenvalue weighted by molar-refractivity contribution is 7.91. The Morgan fingerprint density at radius 3 is 1.64 bits per heavy atom. The van der Waals surface area contributed by atoms with Crippen LogP contribution in [0.25, 0.3) is 0 Å². The number of benzene rings is 3. The third-order valence-electron chi connectivity index (χ3n) is 4.90. The molecule has 0 aliphatic rings. The minimum absolute atomic E-state index is 0.0682. The molecule has 3 aromatic carbocycles. The standard InChI is InChI=1S/C20H18N4O14S4/c25-18-11-19(26)16(23-24-17-9-14(40(29,30)31)5-6-20(17)41(32,33)34)10-15(18)22-21-12-1-3-13(4-2-12)39(27,28)8-7-38-42(35,36)37/h1-6,9-11,25-26H,7-8H2,(H,29,30,31)(H,32,33,34)(H,35,36,37). The highest BCUT2D eigenvalue weighted by Crippen LogP contribution is 2.40.